The van der Waals surface area contributed by atoms with Crippen molar-refractivity contribution in [3.63, 3.8) is 0 Å². The van der Waals surface area contributed by atoms with Crippen LogP contribution in [0.3, 0.4) is 0 Å². The highest BCUT2D eigenvalue weighted by molar-refractivity contribution is 8.24. The van der Waals surface area contributed by atoms with E-state index in [1.807, 2.05) is 0 Å². The van der Waals surface area contributed by atoms with Gasteiger partial charge in [0.2, 0.25) is 0 Å². The summed E-state index contributed by atoms with van der Waals surface area (Å²) in [7, 11) is 0. The molecule has 34 valence electrons. The van der Waals surface area contributed by atoms with Crippen LogP contribution in [0, 0.1) is 10.8 Å². The molecule has 0 aromatic carbocycles. The highest BCUT2D eigenvalue weighted by Gasteiger charge is 1.76. The topological polar surface area (TPSA) is 47.7 Å². The molecule has 0 aliphatic heterocycles. The molecule has 0 aromatic rings. The molecule has 6 heavy (non-hydrogen) atoms. The third-order valence-electron chi connectivity index (χ3n) is 0.236. The maximum atomic E-state index is 6.71. The Kier molecular flexibility index (Phi) is 2.75. The van der Waals surface area contributed by atoms with E-state index in [0.717, 1.165) is 17.3 Å². The normalized spacial score (nSPS) is 7.50. The summed E-state index contributed by atoms with van der Waals surface area (Å²) in [6.45, 7) is 1.65. The van der Waals surface area contributed by atoms with E-state index in [1.165, 1.54) is 0 Å². The molecule has 0 saturated carbocycles. The summed E-state index contributed by atoms with van der Waals surface area (Å²) in [4.78, 5) is 0. The number of rotatable bonds is 1. The summed E-state index contributed by atoms with van der Waals surface area (Å²) in [5.41, 5.74) is 1.14. The van der Waals surface area contributed by atoms with Gasteiger partial charge in [0.25, 0.3) is 0 Å². The lowest BCUT2D eigenvalue weighted by Gasteiger charge is -1.78. The molecule has 0 aromatic heterocycles. The van der Waals surface area contributed by atoms with Crippen LogP contribution < -0.4 is 0 Å². The van der Waals surface area contributed by atoms with Crippen LogP contribution in [-0.4, -0.2) is 10.6 Å². The summed E-state index contributed by atoms with van der Waals surface area (Å²) >= 11 is 1.11. The van der Waals surface area contributed by atoms with Gasteiger partial charge >= 0.3 is 0 Å². The Bertz CT molecular complexity index is 69.2. The van der Waals surface area contributed by atoms with E-state index in [1.54, 1.807) is 6.92 Å². The number of nitrogens with one attached hydrogen (secondary N) is 2. The fourth-order valence-electron chi connectivity index (χ4n) is 0.0884. The van der Waals surface area contributed by atoms with Crippen LogP contribution in [0.1, 0.15) is 6.92 Å². The molecule has 2 nitrogen and oxygen atoms in total. The van der Waals surface area contributed by atoms with Crippen LogP contribution in [0.25, 0.3) is 0 Å². The van der Waals surface area contributed by atoms with E-state index in [2.05, 4.69) is 0 Å². The van der Waals surface area contributed by atoms with Gasteiger partial charge in [-0.2, -0.15) is 0 Å². The van der Waals surface area contributed by atoms with Crippen molar-refractivity contribution in [2.24, 2.45) is 0 Å². The summed E-state index contributed by atoms with van der Waals surface area (Å²) in [6, 6.07) is 0. The number of hydrogen-bond acceptors (Lipinski definition) is 3. The summed E-state index contributed by atoms with van der Waals surface area (Å²) < 4.78 is 0. The second kappa shape index (κ2) is 2.90. The van der Waals surface area contributed by atoms with Crippen molar-refractivity contribution in [3.8, 4) is 0 Å². The molecule has 0 fully saturated rings. The molecule has 0 aliphatic carbocycles. The summed E-state index contributed by atoms with van der Waals surface area (Å²) in [5.74, 6) is 0. The van der Waals surface area contributed by atoms with Crippen LogP contribution in [0.15, 0.2) is 0 Å². The molecule has 0 saturated heterocycles. The second-order valence-corrected chi connectivity index (χ2v) is 1.88. The van der Waals surface area contributed by atoms with Crippen LogP contribution in [-0.2, 0) is 0 Å². The minimum atomic E-state index is 0.463. The second-order valence-electron chi connectivity index (χ2n) is 0.792. The van der Waals surface area contributed by atoms with Crippen LogP contribution in [0.2, 0.25) is 0 Å². The summed E-state index contributed by atoms with van der Waals surface area (Å²) in [6.07, 6.45) is 0. The van der Waals surface area contributed by atoms with Gasteiger partial charge in [-0.1, -0.05) is 11.8 Å². The van der Waals surface area contributed by atoms with E-state index in [9.17, 15) is 0 Å². The Morgan fingerprint density at radius 2 is 2.33 bits per heavy atom. The van der Waals surface area contributed by atoms with Crippen molar-refractivity contribution in [2.75, 3.05) is 0 Å². The van der Waals surface area contributed by atoms with Crippen molar-refractivity contribution in [3.05, 3.63) is 0 Å². The SMILES string of the molecule is CC(=N)SC=N. The van der Waals surface area contributed by atoms with Gasteiger partial charge in [0.05, 0.1) is 10.6 Å². The van der Waals surface area contributed by atoms with Gasteiger partial charge in [-0.25, -0.2) is 0 Å². The van der Waals surface area contributed by atoms with Gasteiger partial charge in [-0.05, 0) is 6.92 Å². The van der Waals surface area contributed by atoms with Crippen molar-refractivity contribution < 1.29 is 0 Å². The third kappa shape index (κ3) is 3.69. The average Bonchev–Trinajstić information content (AvgIpc) is 1.35. The molecule has 0 amide bonds. The van der Waals surface area contributed by atoms with Gasteiger partial charge in [-0.3, -0.25) is 5.41 Å². The minimum Gasteiger partial charge on any atom is -0.301 e. The Hall–Kier alpha value is -0.310. The highest BCUT2D eigenvalue weighted by atomic mass is 32.2. The molecule has 2 N–H and O–H groups in total. The Balaban J connectivity index is 3.05. The van der Waals surface area contributed by atoms with Crippen LogP contribution in [0.5, 0.6) is 0 Å². The zero-order valence-electron chi connectivity index (χ0n) is 3.49. The molecule has 0 aliphatic rings. The fraction of sp³-hybridized carbons (Fsp3) is 0.333. The minimum absolute atomic E-state index is 0.463. The molecular formula is C3H6N2S. The van der Waals surface area contributed by atoms with Crippen LogP contribution in [0.4, 0.5) is 0 Å². The Morgan fingerprint density at radius 3 is 2.33 bits per heavy atom. The predicted molar refractivity (Wildman–Crippen MR) is 29.8 cm³/mol. The molecule has 0 spiro atoms. The lowest BCUT2D eigenvalue weighted by Crippen LogP contribution is -1.73. The van der Waals surface area contributed by atoms with Crippen LogP contribution >= 0.6 is 11.8 Å². The molecule has 0 unspecified atom stereocenters. The van der Waals surface area contributed by atoms with Gasteiger partial charge in [0.1, 0.15) is 0 Å². The zero-order chi connectivity index (χ0) is 4.99. The molecular weight excluding hydrogens is 96.1 g/mol. The van der Waals surface area contributed by atoms with E-state index in [0.29, 0.717) is 5.04 Å². The standard InChI is InChI=1S/C3H6N2S/c1-3(5)6-2-4/h2,4-5H,1H3. The molecule has 0 bridgehead atoms. The van der Waals surface area contributed by atoms with Gasteiger partial charge in [-0.15, -0.1) is 0 Å². The molecule has 0 radical (unpaired) electrons. The predicted octanol–water partition coefficient (Wildman–Crippen LogP) is 1.32. The van der Waals surface area contributed by atoms with E-state index in [4.69, 9.17) is 10.8 Å². The van der Waals surface area contributed by atoms with Crippen molar-refractivity contribution in [1.29, 1.82) is 10.8 Å². The first-order chi connectivity index (χ1) is 2.77. The molecule has 0 atom stereocenters. The number of hydrogen-bond donors (Lipinski definition) is 2. The van der Waals surface area contributed by atoms with E-state index < -0.39 is 0 Å². The van der Waals surface area contributed by atoms with E-state index in [-0.39, 0.29) is 0 Å². The fourth-order valence-corrected chi connectivity index (χ4v) is 0.265. The maximum absolute atomic E-state index is 6.71. The first-order valence-corrected chi connectivity index (χ1v) is 2.36. The average molecular weight is 102 g/mol. The zero-order valence-corrected chi connectivity index (χ0v) is 4.30. The lowest BCUT2D eigenvalue weighted by atomic mass is 10.9. The van der Waals surface area contributed by atoms with Gasteiger partial charge in [0.15, 0.2) is 0 Å². The summed E-state index contributed by atoms with van der Waals surface area (Å²) in [5, 5.41) is 13.6. The van der Waals surface area contributed by atoms with Crippen molar-refractivity contribution in [2.45, 2.75) is 6.92 Å². The van der Waals surface area contributed by atoms with E-state index >= 15 is 0 Å². The lowest BCUT2D eigenvalue weighted by molar-refractivity contribution is 1.54. The first-order valence-electron chi connectivity index (χ1n) is 1.48. The Morgan fingerprint density at radius 1 is 1.83 bits per heavy atom. The van der Waals surface area contributed by atoms with Gasteiger partial charge in [0, 0.05) is 0 Å². The smallest absolute Gasteiger partial charge is 0.0667 e. The van der Waals surface area contributed by atoms with Gasteiger partial charge < -0.3 is 5.41 Å². The maximum Gasteiger partial charge on any atom is 0.0667 e. The third-order valence-corrected chi connectivity index (χ3v) is 0.707. The largest absolute Gasteiger partial charge is 0.301 e. The first kappa shape index (κ1) is 5.69. The van der Waals surface area contributed by atoms with Crippen molar-refractivity contribution >= 4 is 22.4 Å². The quantitative estimate of drug-likeness (QED) is 0.380. The number of thioether (sulfide) groups is 1. The van der Waals surface area contributed by atoms with Crippen molar-refractivity contribution in [1.82, 2.24) is 0 Å². The molecule has 3 heteroatoms. The Labute approximate surface area is 41.0 Å². The monoisotopic (exact) mass is 102 g/mol. The highest BCUT2D eigenvalue weighted by Crippen LogP contribution is 1.91. The molecule has 0 rings (SSSR count). The molecule has 0 heterocycles.